The second-order valence-corrected chi connectivity index (χ2v) is 6.40. The van der Waals surface area contributed by atoms with Crippen LogP contribution in [0.1, 0.15) is 15.9 Å². The van der Waals surface area contributed by atoms with Crippen LogP contribution in [0.5, 0.6) is 5.75 Å². The number of esters is 1. The second kappa shape index (κ2) is 9.13. The van der Waals surface area contributed by atoms with Crippen LogP contribution in [-0.4, -0.2) is 63.7 Å². The first-order valence-corrected chi connectivity index (χ1v) is 8.78. The number of ether oxygens (including phenoxy) is 3. The summed E-state index contributed by atoms with van der Waals surface area (Å²) in [6.07, 6.45) is -7.42. The van der Waals surface area contributed by atoms with Crippen LogP contribution in [0.4, 0.5) is 0 Å². The quantitative estimate of drug-likeness (QED) is 0.516. The van der Waals surface area contributed by atoms with Crippen LogP contribution < -0.4 is 4.74 Å². The molecule has 1 saturated heterocycles. The average molecular weight is 390 g/mol. The fourth-order valence-corrected chi connectivity index (χ4v) is 2.82. The minimum atomic E-state index is -1.67. The monoisotopic (exact) mass is 390 g/mol. The molecule has 2 aromatic carbocycles. The lowest BCUT2D eigenvalue weighted by molar-refractivity contribution is -0.285. The molecule has 1 heterocycles. The van der Waals surface area contributed by atoms with Gasteiger partial charge in [0.2, 0.25) is 0 Å². The van der Waals surface area contributed by atoms with Crippen LogP contribution >= 0.6 is 0 Å². The maximum Gasteiger partial charge on any atom is 0.338 e. The molecule has 8 nitrogen and oxygen atoms in total. The first-order chi connectivity index (χ1) is 13.5. The van der Waals surface area contributed by atoms with Crippen molar-refractivity contribution in [3.8, 4) is 5.75 Å². The fraction of sp³-hybridized carbons (Fsp3) is 0.350. The van der Waals surface area contributed by atoms with Crippen molar-refractivity contribution in [1.29, 1.82) is 0 Å². The summed E-state index contributed by atoms with van der Waals surface area (Å²) < 4.78 is 15.7. The molecule has 0 spiro atoms. The van der Waals surface area contributed by atoms with E-state index in [-0.39, 0.29) is 5.56 Å². The van der Waals surface area contributed by atoms with E-state index in [2.05, 4.69) is 0 Å². The van der Waals surface area contributed by atoms with E-state index in [1.807, 2.05) is 30.3 Å². The molecule has 150 valence electrons. The molecular formula is C20H22O8. The largest absolute Gasteiger partial charge is 0.489 e. The molecule has 2 aromatic rings. The molecule has 1 fully saturated rings. The van der Waals surface area contributed by atoms with Gasteiger partial charge in [-0.15, -0.1) is 0 Å². The lowest BCUT2D eigenvalue weighted by Gasteiger charge is -2.39. The summed E-state index contributed by atoms with van der Waals surface area (Å²) in [5.74, 6) is -0.251. The Morgan fingerprint density at radius 2 is 1.64 bits per heavy atom. The van der Waals surface area contributed by atoms with Gasteiger partial charge in [-0.2, -0.15) is 0 Å². The first kappa shape index (κ1) is 20.2. The Balaban J connectivity index is 1.58. The highest BCUT2D eigenvalue weighted by Gasteiger charge is 2.45. The third-order valence-corrected chi connectivity index (χ3v) is 4.42. The highest BCUT2D eigenvalue weighted by Crippen LogP contribution is 2.23. The van der Waals surface area contributed by atoms with Crippen molar-refractivity contribution < 1.29 is 39.4 Å². The minimum absolute atomic E-state index is 0.172. The predicted octanol–water partition coefficient (Wildman–Crippen LogP) is 0.222. The molecule has 0 saturated carbocycles. The summed E-state index contributed by atoms with van der Waals surface area (Å²) >= 11 is 0. The SMILES string of the molecule is O=C(O[C@H]1C(O)O[C@H](CO)[C@@H](O)[C@@H]1O)c1ccc(OCc2ccccc2)cc1. The van der Waals surface area contributed by atoms with Crippen molar-refractivity contribution in [3.05, 3.63) is 65.7 Å². The summed E-state index contributed by atoms with van der Waals surface area (Å²) in [6.45, 7) is -0.216. The molecule has 5 atom stereocenters. The van der Waals surface area contributed by atoms with Crippen LogP contribution in [0.3, 0.4) is 0 Å². The number of aliphatic hydroxyl groups excluding tert-OH is 4. The zero-order valence-electron chi connectivity index (χ0n) is 14.9. The molecule has 8 heteroatoms. The Hall–Kier alpha value is -2.49. The number of carbonyl (C=O) groups excluding carboxylic acids is 1. The number of rotatable bonds is 6. The van der Waals surface area contributed by atoms with Gasteiger partial charge in [0.25, 0.3) is 0 Å². The maximum atomic E-state index is 12.3. The van der Waals surface area contributed by atoms with E-state index in [0.717, 1.165) is 5.56 Å². The maximum absolute atomic E-state index is 12.3. The van der Waals surface area contributed by atoms with E-state index >= 15 is 0 Å². The number of benzene rings is 2. The van der Waals surface area contributed by atoms with E-state index in [1.54, 1.807) is 12.1 Å². The Morgan fingerprint density at radius 1 is 0.964 bits per heavy atom. The third kappa shape index (κ3) is 4.67. The summed E-state index contributed by atoms with van der Waals surface area (Å²) in [5.41, 5.74) is 1.18. The van der Waals surface area contributed by atoms with Crippen molar-refractivity contribution in [1.82, 2.24) is 0 Å². The molecule has 1 unspecified atom stereocenters. The summed E-state index contributed by atoms with van der Waals surface area (Å²) in [5, 5.41) is 38.8. The number of hydrogen-bond donors (Lipinski definition) is 4. The van der Waals surface area contributed by atoms with Gasteiger partial charge in [-0.3, -0.25) is 0 Å². The van der Waals surface area contributed by atoms with Gasteiger partial charge in [-0.1, -0.05) is 30.3 Å². The van der Waals surface area contributed by atoms with Gasteiger partial charge in [0.15, 0.2) is 12.4 Å². The molecule has 1 aliphatic rings. The van der Waals surface area contributed by atoms with Gasteiger partial charge < -0.3 is 34.6 Å². The van der Waals surface area contributed by atoms with Gasteiger partial charge in [-0.05, 0) is 29.8 Å². The van der Waals surface area contributed by atoms with Crippen molar-refractivity contribution in [2.45, 2.75) is 37.3 Å². The third-order valence-electron chi connectivity index (χ3n) is 4.42. The molecule has 0 aliphatic carbocycles. The average Bonchev–Trinajstić information content (AvgIpc) is 2.73. The number of aliphatic hydroxyl groups is 4. The van der Waals surface area contributed by atoms with E-state index in [4.69, 9.17) is 19.3 Å². The van der Waals surface area contributed by atoms with Crippen molar-refractivity contribution in [3.63, 3.8) is 0 Å². The van der Waals surface area contributed by atoms with E-state index in [0.29, 0.717) is 12.4 Å². The number of hydrogen-bond acceptors (Lipinski definition) is 8. The Morgan fingerprint density at radius 3 is 2.29 bits per heavy atom. The van der Waals surface area contributed by atoms with Crippen molar-refractivity contribution in [2.24, 2.45) is 0 Å². The van der Waals surface area contributed by atoms with E-state index in [1.165, 1.54) is 12.1 Å². The highest BCUT2D eigenvalue weighted by atomic mass is 16.7. The van der Waals surface area contributed by atoms with Gasteiger partial charge in [0.1, 0.15) is 30.7 Å². The molecule has 0 radical (unpaired) electrons. The van der Waals surface area contributed by atoms with Gasteiger partial charge in [0.05, 0.1) is 12.2 Å². The van der Waals surface area contributed by atoms with Crippen LogP contribution in [-0.2, 0) is 16.1 Å². The lowest BCUT2D eigenvalue weighted by atomic mass is 9.99. The van der Waals surface area contributed by atoms with Gasteiger partial charge in [-0.25, -0.2) is 4.79 Å². The van der Waals surface area contributed by atoms with Gasteiger partial charge >= 0.3 is 5.97 Å². The van der Waals surface area contributed by atoms with Gasteiger partial charge in [0, 0.05) is 0 Å². The molecule has 0 amide bonds. The van der Waals surface area contributed by atoms with Crippen molar-refractivity contribution in [2.75, 3.05) is 6.61 Å². The van der Waals surface area contributed by atoms with E-state index in [9.17, 15) is 20.1 Å². The predicted molar refractivity (Wildman–Crippen MR) is 96.4 cm³/mol. The molecule has 0 aromatic heterocycles. The molecule has 3 rings (SSSR count). The normalized spacial score (nSPS) is 27.2. The summed E-state index contributed by atoms with van der Waals surface area (Å²) in [7, 11) is 0. The van der Waals surface area contributed by atoms with Crippen LogP contribution in [0, 0.1) is 0 Å². The molecular weight excluding hydrogens is 368 g/mol. The van der Waals surface area contributed by atoms with Crippen molar-refractivity contribution >= 4 is 5.97 Å². The fourth-order valence-electron chi connectivity index (χ4n) is 2.82. The molecule has 1 aliphatic heterocycles. The Labute approximate surface area is 161 Å². The van der Waals surface area contributed by atoms with E-state index < -0.39 is 43.3 Å². The van der Waals surface area contributed by atoms with Crippen LogP contribution in [0.2, 0.25) is 0 Å². The smallest absolute Gasteiger partial charge is 0.338 e. The Kier molecular flexibility index (Phi) is 6.61. The second-order valence-electron chi connectivity index (χ2n) is 6.40. The van der Waals surface area contributed by atoms with Crippen LogP contribution in [0.15, 0.2) is 54.6 Å². The highest BCUT2D eigenvalue weighted by molar-refractivity contribution is 5.89. The summed E-state index contributed by atoms with van der Waals surface area (Å²) in [4.78, 5) is 12.3. The molecule has 0 bridgehead atoms. The zero-order chi connectivity index (χ0) is 20.1. The molecule has 4 N–H and O–H groups in total. The minimum Gasteiger partial charge on any atom is -0.489 e. The van der Waals surface area contributed by atoms with Crippen LogP contribution in [0.25, 0.3) is 0 Å². The topological polar surface area (TPSA) is 126 Å². The lowest BCUT2D eigenvalue weighted by Crippen LogP contribution is -2.59. The molecule has 28 heavy (non-hydrogen) atoms. The number of carbonyl (C=O) groups is 1. The standard InChI is InChI=1S/C20H22O8/c21-10-15-16(22)17(23)18(20(25)27-15)28-19(24)13-6-8-14(9-7-13)26-11-12-4-2-1-3-5-12/h1-9,15-18,20-23,25H,10-11H2/t15-,16-,17+,18-,20?/m1/s1. The Bertz CT molecular complexity index is 764. The summed E-state index contributed by atoms with van der Waals surface area (Å²) in [6, 6.07) is 15.8. The zero-order valence-corrected chi connectivity index (χ0v) is 14.9. The first-order valence-electron chi connectivity index (χ1n) is 8.78.